The summed E-state index contributed by atoms with van der Waals surface area (Å²) in [7, 11) is 5.47. The average molecular weight is 575 g/mol. The number of aromatic nitrogens is 4. The molecule has 1 saturated carbocycles. The van der Waals surface area contributed by atoms with Gasteiger partial charge in [-0.15, -0.1) is 0 Å². The van der Waals surface area contributed by atoms with E-state index in [1.54, 1.807) is 29.6 Å². The third kappa shape index (κ3) is 4.93. The monoisotopic (exact) mass is 574 g/mol. The molecule has 1 aliphatic heterocycles. The Labute approximate surface area is 241 Å². The summed E-state index contributed by atoms with van der Waals surface area (Å²) in [6, 6.07) is 3.06. The summed E-state index contributed by atoms with van der Waals surface area (Å²) in [5.41, 5.74) is 7.38. The Bertz CT molecular complexity index is 1630. The van der Waals surface area contributed by atoms with Crippen molar-refractivity contribution in [1.29, 1.82) is 0 Å². The number of rotatable bonds is 7. The second-order valence-electron chi connectivity index (χ2n) is 11.0. The Morgan fingerprint density at radius 1 is 1.34 bits per heavy atom. The number of fused-ring (bicyclic) bond motifs is 1. The van der Waals surface area contributed by atoms with Crippen molar-refractivity contribution in [3.63, 3.8) is 0 Å². The molecule has 2 fully saturated rings. The highest BCUT2D eigenvalue weighted by Crippen LogP contribution is 2.40. The van der Waals surface area contributed by atoms with Crippen LogP contribution in [0.4, 0.5) is 10.2 Å². The van der Waals surface area contributed by atoms with Crippen molar-refractivity contribution in [1.82, 2.24) is 24.2 Å². The number of imidazole rings is 1. The topological polar surface area (TPSA) is 131 Å². The van der Waals surface area contributed by atoms with Crippen LogP contribution in [0.1, 0.15) is 66.6 Å². The smallest absolute Gasteiger partial charge is 0.255 e. The number of hydrogen-bond donors (Lipinski definition) is 3. The lowest BCUT2D eigenvalue weighted by Crippen LogP contribution is -2.42. The molecule has 5 rings (SSSR count). The fourth-order valence-corrected chi connectivity index (χ4v) is 6.30. The van der Waals surface area contributed by atoms with Gasteiger partial charge < -0.3 is 25.6 Å². The van der Waals surface area contributed by atoms with Crippen molar-refractivity contribution in [2.24, 2.45) is 11.7 Å². The number of primary amides is 1. The highest BCUT2D eigenvalue weighted by atomic mass is 28.1. The van der Waals surface area contributed by atoms with Crippen molar-refractivity contribution < 1.29 is 19.1 Å². The molecule has 3 heterocycles. The molecule has 12 heteroatoms. The molecule has 10 nitrogen and oxygen atoms in total. The number of aliphatic hydroxyl groups excluding tert-OH is 1. The fraction of sp³-hybridized carbons (Fsp3) is 0.448. The van der Waals surface area contributed by atoms with Crippen LogP contribution in [0, 0.1) is 30.5 Å². The lowest BCUT2D eigenvalue weighted by Gasteiger charge is -2.30. The summed E-state index contributed by atoms with van der Waals surface area (Å²) >= 11 is 0. The number of hydrogen-bond acceptors (Lipinski definition) is 6. The second kappa shape index (κ2) is 10.5. The Morgan fingerprint density at radius 2 is 2.05 bits per heavy atom. The maximum absolute atomic E-state index is 15.2. The van der Waals surface area contributed by atoms with Gasteiger partial charge in [0.1, 0.15) is 23.0 Å². The number of likely N-dealkylation sites (tertiary alicyclic amines) is 1. The number of carbonyl (C=O) groups is 2. The van der Waals surface area contributed by atoms with Crippen LogP contribution in [0.5, 0.6) is 0 Å². The van der Waals surface area contributed by atoms with E-state index >= 15 is 4.39 Å². The quantitative estimate of drug-likeness (QED) is 0.225. The van der Waals surface area contributed by atoms with Gasteiger partial charge in [0, 0.05) is 37.7 Å². The van der Waals surface area contributed by atoms with Crippen molar-refractivity contribution in [3.05, 3.63) is 53.3 Å². The summed E-state index contributed by atoms with van der Waals surface area (Å²) < 4.78 is 18.8. The maximum atomic E-state index is 15.2. The zero-order valence-electron chi connectivity index (χ0n) is 23.5. The third-order valence-electron chi connectivity index (χ3n) is 8.16. The van der Waals surface area contributed by atoms with E-state index < -0.39 is 23.0 Å². The van der Waals surface area contributed by atoms with Crippen LogP contribution in [0.15, 0.2) is 24.8 Å². The number of anilines is 1. The standard InChI is InChI=1S/C29H33FN7O3Si/c1-6-25(39)35-14-29(41,13-24(35)15(2)16(3)38)37-28(32-5)26(27(31)40)21(34-37)10-7-18-11-22-23(12-20(18)30)36(17(4)33-22)19-8-9-19/h6,11-12,15-16,19,24,32,38H,1,8-9,13-14H2,2-5H3,(H2,31,40)/t15-,16?,24+,29+/m0/s1. The molecule has 2 aliphatic rings. The normalized spacial score (nSPS) is 21.8. The molecule has 1 aliphatic carbocycles. The SMILES string of the molecule is C=CC(=O)N1C[C@@]([Si])(n2nc(C#Cc3cc4nc(C)n(C5CC5)c4cc3F)c(C(N)=O)c2NC)C[C@@H]1[C@@H](C)C(C)O. The van der Waals surface area contributed by atoms with Crippen LogP contribution in [-0.4, -0.2) is 77.1 Å². The van der Waals surface area contributed by atoms with Gasteiger partial charge in [-0.2, -0.15) is 5.10 Å². The zero-order chi connectivity index (χ0) is 29.8. The Kier molecular flexibility index (Phi) is 7.29. The van der Waals surface area contributed by atoms with E-state index in [1.807, 2.05) is 13.8 Å². The molecule has 1 aromatic carbocycles. The number of carbonyl (C=O) groups excluding carboxylic acids is 2. The number of aryl methyl sites for hydroxylation is 1. The summed E-state index contributed by atoms with van der Waals surface area (Å²) in [6.45, 7) is 9.24. The number of nitrogens with one attached hydrogen (secondary N) is 1. The number of nitrogens with zero attached hydrogens (tertiary/aromatic N) is 5. The molecular weight excluding hydrogens is 541 g/mol. The van der Waals surface area contributed by atoms with Gasteiger partial charge in [-0.3, -0.25) is 9.59 Å². The van der Waals surface area contributed by atoms with Crippen LogP contribution in [-0.2, 0) is 9.96 Å². The maximum Gasteiger partial charge on any atom is 0.255 e. The molecule has 0 bridgehead atoms. The van der Waals surface area contributed by atoms with Crippen LogP contribution in [0.25, 0.3) is 11.0 Å². The van der Waals surface area contributed by atoms with Gasteiger partial charge in [0.15, 0.2) is 5.69 Å². The molecule has 2 amide bonds. The number of nitrogens with two attached hydrogens (primary N) is 1. The minimum Gasteiger partial charge on any atom is -0.393 e. The van der Waals surface area contributed by atoms with E-state index in [0.717, 1.165) is 24.2 Å². The van der Waals surface area contributed by atoms with Crippen molar-refractivity contribution in [2.75, 3.05) is 18.9 Å². The minimum atomic E-state index is -0.966. The molecule has 4 atom stereocenters. The van der Waals surface area contributed by atoms with Crippen LogP contribution in [0.3, 0.4) is 0 Å². The molecule has 3 radical (unpaired) electrons. The highest BCUT2D eigenvalue weighted by molar-refractivity contribution is 6.15. The van der Waals surface area contributed by atoms with Crippen LogP contribution < -0.4 is 11.1 Å². The van der Waals surface area contributed by atoms with Crippen LogP contribution in [0.2, 0.25) is 0 Å². The minimum absolute atomic E-state index is 0.0431. The van der Waals surface area contributed by atoms with Gasteiger partial charge in [0.05, 0.1) is 38.1 Å². The summed E-state index contributed by atoms with van der Waals surface area (Å²) in [5.74, 6) is 4.98. The van der Waals surface area contributed by atoms with E-state index in [2.05, 4.69) is 48.6 Å². The average Bonchev–Trinajstić information content (AvgIpc) is 3.46. The third-order valence-corrected chi connectivity index (χ3v) is 8.73. The molecule has 213 valence electrons. The molecule has 0 spiro atoms. The molecule has 1 unspecified atom stereocenters. The Hall–Kier alpha value is -3.95. The molecular formula is C29H33FN7O3Si. The lowest BCUT2D eigenvalue weighted by atomic mass is 9.93. The van der Waals surface area contributed by atoms with Crippen molar-refractivity contribution >= 4 is 38.9 Å². The number of benzene rings is 1. The largest absolute Gasteiger partial charge is 0.393 e. The van der Waals surface area contributed by atoms with E-state index in [0.29, 0.717) is 23.8 Å². The van der Waals surface area contributed by atoms with Crippen molar-refractivity contribution in [2.45, 2.75) is 63.4 Å². The lowest BCUT2D eigenvalue weighted by molar-refractivity contribution is -0.128. The van der Waals surface area contributed by atoms with E-state index in [1.165, 1.54) is 12.1 Å². The molecule has 2 aromatic heterocycles. The summed E-state index contributed by atoms with van der Waals surface area (Å²) in [5, 5.41) is 17.0. The molecule has 1 saturated heterocycles. The van der Waals surface area contributed by atoms with E-state index in [4.69, 9.17) is 5.73 Å². The number of halogens is 1. The van der Waals surface area contributed by atoms with Crippen LogP contribution >= 0.6 is 0 Å². The fourth-order valence-electron chi connectivity index (χ4n) is 5.75. The highest BCUT2D eigenvalue weighted by Gasteiger charge is 2.48. The first-order chi connectivity index (χ1) is 19.4. The summed E-state index contributed by atoms with van der Waals surface area (Å²) in [4.78, 5) is 31.6. The van der Waals surface area contributed by atoms with Gasteiger partial charge in [0.2, 0.25) is 5.91 Å². The molecule has 41 heavy (non-hydrogen) atoms. The van der Waals surface area contributed by atoms with Crippen molar-refractivity contribution in [3.8, 4) is 11.8 Å². The first kappa shape index (κ1) is 28.6. The Morgan fingerprint density at radius 3 is 2.63 bits per heavy atom. The summed E-state index contributed by atoms with van der Waals surface area (Å²) in [6.07, 6.45) is 3.02. The number of aliphatic hydroxyl groups is 1. The van der Waals surface area contributed by atoms with E-state index in [9.17, 15) is 14.7 Å². The van der Waals surface area contributed by atoms with E-state index in [-0.39, 0.29) is 41.2 Å². The number of amides is 2. The van der Waals surface area contributed by atoms with Gasteiger partial charge in [0.25, 0.3) is 5.91 Å². The first-order valence-corrected chi connectivity index (χ1v) is 14.1. The van der Waals surface area contributed by atoms with Gasteiger partial charge in [-0.25, -0.2) is 14.1 Å². The van der Waals surface area contributed by atoms with Gasteiger partial charge in [-0.05, 0) is 51.2 Å². The molecule has 3 aromatic rings. The first-order valence-electron chi connectivity index (χ1n) is 13.6. The Balaban J connectivity index is 1.58. The second-order valence-corrected chi connectivity index (χ2v) is 11.9. The predicted molar refractivity (Wildman–Crippen MR) is 154 cm³/mol. The van der Waals surface area contributed by atoms with Gasteiger partial charge in [-0.1, -0.05) is 19.4 Å². The zero-order valence-corrected chi connectivity index (χ0v) is 24.5. The van der Waals surface area contributed by atoms with Gasteiger partial charge >= 0.3 is 0 Å². The molecule has 4 N–H and O–H groups in total. The predicted octanol–water partition coefficient (Wildman–Crippen LogP) is 2.18.